The molecule has 2 amide bonds. The number of ether oxygens (including phenoxy) is 4. The van der Waals surface area contributed by atoms with Crippen molar-refractivity contribution in [2.24, 2.45) is 0 Å². The fraction of sp³-hybridized carbons (Fsp3) is 0.200. The summed E-state index contributed by atoms with van der Waals surface area (Å²) in [6.45, 7) is -0.0624. The summed E-state index contributed by atoms with van der Waals surface area (Å²) in [5.74, 6) is 1.23. The average molecular weight is 450 g/mol. The molecule has 33 heavy (non-hydrogen) atoms. The molecule has 3 aromatic rings. The van der Waals surface area contributed by atoms with Crippen LogP contribution in [-0.2, 0) is 11.3 Å². The van der Waals surface area contributed by atoms with Crippen LogP contribution >= 0.6 is 0 Å². The smallest absolute Gasteiger partial charge is 0.259 e. The molecule has 0 aliphatic heterocycles. The summed E-state index contributed by atoms with van der Waals surface area (Å²) in [6, 6.07) is 19.3. The highest BCUT2D eigenvalue weighted by molar-refractivity contribution is 6.06. The molecule has 0 fully saturated rings. The summed E-state index contributed by atoms with van der Waals surface area (Å²) in [4.78, 5) is 25.1. The fourth-order valence-electron chi connectivity index (χ4n) is 3.12. The van der Waals surface area contributed by atoms with Gasteiger partial charge in [-0.25, -0.2) is 0 Å². The third kappa shape index (κ3) is 6.16. The highest BCUT2D eigenvalue weighted by atomic mass is 16.5. The van der Waals surface area contributed by atoms with Gasteiger partial charge >= 0.3 is 0 Å². The lowest BCUT2D eigenvalue weighted by Gasteiger charge is -2.15. The van der Waals surface area contributed by atoms with Crippen LogP contribution in [0.1, 0.15) is 15.9 Å². The maximum atomic E-state index is 12.6. The highest BCUT2D eigenvalue weighted by Gasteiger charge is 2.15. The van der Waals surface area contributed by atoms with Gasteiger partial charge in [-0.05, 0) is 30.3 Å². The first-order chi connectivity index (χ1) is 16.0. The monoisotopic (exact) mass is 450 g/mol. The van der Waals surface area contributed by atoms with Gasteiger partial charge in [0.05, 0.1) is 26.9 Å². The van der Waals surface area contributed by atoms with E-state index in [9.17, 15) is 9.59 Å². The van der Waals surface area contributed by atoms with Gasteiger partial charge in [-0.2, -0.15) is 0 Å². The topological polar surface area (TPSA) is 95.1 Å². The van der Waals surface area contributed by atoms with Crippen LogP contribution < -0.4 is 29.6 Å². The van der Waals surface area contributed by atoms with Crippen molar-refractivity contribution in [2.45, 2.75) is 6.54 Å². The summed E-state index contributed by atoms with van der Waals surface area (Å²) in [6.07, 6.45) is 0. The van der Waals surface area contributed by atoms with Crippen LogP contribution in [0.4, 0.5) is 5.69 Å². The van der Waals surface area contributed by atoms with Crippen molar-refractivity contribution in [1.82, 2.24) is 5.32 Å². The third-order valence-electron chi connectivity index (χ3n) is 4.78. The number of hydrogen-bond donors (Lipinski definition) is 2. The summed E-state index contributed by atoms with van der Waals surface area (Å²) in [5, 5.41) is 5.59. The summed E-state index contributed by atoms with van der Waals surface area (Å²) in [7, 11) is 4.60. The van der Waals surface area contributed by atoms with Crippen LogP contribution in [0.15, 0.2) is 66.7 Å². The van der Waals surface area contributed by atoms with Gasteiger partial charge in [0.2, 0.25) is 0 Å². The standard InChI is InChI=1S/C25H26N2O6/c1-30-21-14-23(32-3)22(31-2)13-17(21)15-26-24(28)16-33-20-12-8-7-11-19(20)25(29)27-18-9-5-4-6-10-18/h4-14H,15-16H2,1-3H3,(H,26,28)(H,27,29). The summed E-state index contributed by atoms with van der Waals surface area (Å²) < 4.78 is 21.6. The number of carbonyl (C=O) groups excluding carboxylic acids is 2. The Bertz CT molecular complexity index is 1100. The maximum Gasteiger partial charge on any atom is 0.259 e. The van der Waals surface area contributed by atoms with Crippen LogP contribution in [0, 0.1) is 0 Å². The Labute approximate surface area is 192 Å². The largest absolute Gasteiger partial charge is 0.496 e. The number of para-hydroxylation sites is 2. The molecule has 0 radical (unpaired) electrons. The molecule has 2 N–H and O–H groups in total. The van der Waals surface area contributed by atoms with Crippen molar-refractivity contribution in [3.8, 4) is 23.0 Å². The Morgan fingerprint density at radius 3 is 2.09 bits per heavy atom. The second-order valence-corrected chi connectivity index (χ2v) is 6.90. The zero-order valence-electron chi connectivity index (χ0n) is 18.7. The number of hydrogen-bond acceptors (Lipinski definition) is 6. The molecule has 8 nitrogen and oxygen atoms in total. The fourth-order valence-corrected chi connectivity index (χ4v) is 3.12. The van der Waals surface area contributed by atoms with Crippen molar-refractivity contribution in [3.05, 3.63) is 77.9 Å². The van der Waals surface area contributed by atoms with E-state index >= 15 is 0 Å². The third-order valence-corrected chi connectivity index (χ3v) is 4.78. The van der Waals surface area contributed by atoms with E-state index in [4.69, 9.17) is 18.9 Å². The first-order valence-corrected chi connectivity index (χ1v) is 10.2. The van der Waals surface area contributed by atoms with Gasteiger partial charge < -0.3 is 29.6 Å². The van der Waals surface area contributed by atoms with Gasteiger partial charge in [0.1, 0.15) is 11.5 Å². The molecule has 3 rings (SSSR count). The summed E-state index contributed by atoms with van der Waals surface area (Å²) in [5.41, 5.74) is 1.71. The lowest BCUT2D eigenvalue weighted by atomic mass is 10.1. The van der Waals surface area contributed by atoms with Gasteiger partial charge in [0, 0.05) is 23.9 Å². The van der Waals surface area contributed by atoms with Gasteiger partial charge in [0.15, 0.2) is 18.1 Å². The van der Waals surface area contributed by atoms with Crippen molar-refractivity contribution in [3.63, 3.8) is 0 Å². The van der Waals surface area contributed by atoms with Crippen molar-refractivity contribution in [1.29, 1.82) is 0 Å². The molecular formula is C25H26N2O6. The number of anilines is 1. The van der Waals surface area contributed by atoms with E-state index in [-0.39, 0.29) is 25.0 Å². The van der Waals surface area contributed by atoms with Crippen molar-refractivity contribution >= 4 is 17.5 Å². The van der Waals surface area contributed by atoms with Crippen molar-refractivity contribution in [2.75, 3.05) is 33.3 Å². The zero-order valence-corrected chi connectivity index (χ0v) is 18.7. The maximum absolute atomic E-state index is 12.6. The average Bonchev–Trinajstić information content (AvgIpc) is 2.86. The molecule has 0 bridgehead atoms. The quantitative estimate of drug-likeness (QED) is 0.490. The Morgan fingerprint density at radius 2 is 1.39 bits per heavy atom. The van der Waals surface area contributed by atoms with E-state index < -0.39 is 0 Å². The number of carbonyl (C=O) groups is 2. The molecule has 0 aliphatic carbocycles. The predicted octanol–water partition coefficient (Wildman–Crippen LogP) is 3.66. The second kappa shape index (κ2) is 11.4. The number of rotatable bonds is 10. The van der Waals surface area contributed by atoms with E-state index in [1.165, 1.54) is 21.3 Å². The molecule has 0 aliphatic rings. The lowest BCUT2D eigenvalue weighted by molar-refractivity contribution is -0.123. The van der Waals surface area contributed by atoms with Gasteiger partial charge in [0.25, 0.3) is 11.8 Å². The van der Waals surface area contributed by atoms with E-state index in [1.54, 1.807) is 48.5 Å². The Morgan fingerprint density at radius 1 is 0.758 bits per heavy atom. The molecule has 0 aromatic heterocycles. The Hall–Kier alpha value is -4.20. The number of amides is 2. The van der Waals surface area contributed by atoms with Crippen LogP contribution in [-0.4, -0.2) is 39.8 Å². The molecule has 0 atom stereocenters. The zero-order chi connectivity index (χ0) is 23.6. The normalized spacial score (nSPS) is 10.2. The SMILES string of the molecule is COc1cc(OC)c(OC)cc1CNC(=O)COc1ccccc1C(=O)Nc1ccccc1. The van der Waals surface area contributed by atoms with Crippen LogP contribution in [0.3, 0.4) is 0 Å². The predicted molar refractivity (Wildman–Crippen MR) is 124 cm³/mol. The minimum Gasteiger partial charge on any atom is -0.496 e. The van der Waals surface area contributed by atoms with Gasteiger partial charge in [-0.3, -0.25) is 9.59 Å². The number of nitrogens with one attached hydrogen (secondary N) is 2. The van der Waals surface area contributed by atoms with E-state index in [0.29, 0.717) is 39.8 Å². The van der Waals surface area contributed by atoms with Crippen LogP contribution in [0.5, 0.6) is 23.0 Å². The molecular weight excluding hydrogens is 424 g/mol. The first kappa shape index (κ1) is 23.5. The second-order valence-electron chi connectivity index (χ2n) is 6.90. The van der Waals surface area contributed by atoms with E-state index in [1.807, 2.05) is 18.2 Å². The minimum absolute atomic E-state index is 0.196. The number of benzene rings is 3. The van der Waals surface area contributed by atoms with Crippen molar-refractivity contribution < 1.29 is 28.5 Å². The molecule has 3 aromatic carbocycles. The summed E-state index contributed by atoms with van der Waals surface area (Å²) >= 11 is 0. The van der Waals surface area contributed by atoms with E-state index in [2.05, 4.69) is 10.6 Å². The lowest BCUT2D eigenvalue weighted by Crippen LogP contribution is -2.29. The highest BCUT2D eigenvalue weighted by Crippen LogP contribution is 2.34. The number of methoxy groups -OCH3 is 3. The van der Waals surface area contributed by atoms with Gasteiger partial charge in [-0.1, -0.05) is 30.3 Å². The molecule has 0 heterocycles. The molecule has 172 valence electrons. The molecule has 0 spiro atoms. The molecule has 0 saturated heterocycles. The first-order valence-electron chi connectivity index (χ1n) is 10.2. The van der Waals surface area contributed by atoms with Gasteiger partial charge in [-0.15, -0.1) is 0 Å². The molecule has 0 unspecified atom stereocenters. The van der Waals surface area contributed by atoms with E-state index in [0.717, 1.165) is 0 Å². The molecule has 8 heteroatoms. The minimum atomic E-state index is -0.356. The Balaban J connectivity index is 1.61. The van der Waals surface area contributed by atoms with Crippen LogP contribution in [0.25, 0.3) is 0 Å². The molecule has 0 saturated carbocycles. The Kier molecular flexibility index (Phi) is 8.13. The van der Waals surface area contributed by atoms with Crippen LogP contribution in [0.2, 0.25) is 0 Å².